The van der Waals surface area contributed by atoms with Gasteiger partial charge in [0.15, 0.2) is 0 Å². The number of hydrogen-bond donors (Lipinski definition) is 0. The molecule has 0 unspecified atom stereocenters. The Labute approximate surface area is 110 Å². The quantitative estimate of drug-likeness (QED) is 0.642. The summed E-state index contributed by atoms with van der Waals surface area (Å²) in [6.45, 7) is 3.87. The van der Waals surface area contributed by atoms with Crippen LogP contribution in [0.3, 0.4) is 0 Å². The van der Waals surface area contributed by atoms with Crippen molar-refractivity contribution in [1.29, 1.82) is 0 Å². The zero-order valence-electron chi connectivity index (χ0n) is 8.31. The van der Waals surface area contributed by atoms with E-state index in [-0.39, 0.29) is 0 Å². The van der Waals surface area contributed by atoms with Crippen LogP contribution in [0.2, 0.25) is 15.1 Å². The van der Waals surface area contributed by atoms with Gasteiger partial charge in [0.25, 0.3) is 0 Å². The van der Waals surface area contributed by atoms with E-state index in [0.717, 1.165) is 16.7 Å². The second kappa shape index (κ2) is 4.67. The normalized spacial score (nSPS) is 10.5. The highest BCUT2D eigenvalue weighted by atomic mass is 35.5. The molecule has 0 fully saturated rings. The molecule has 16 heavy (non-hydrogen) atoms. The van der Waals surface area contributed by atoms with Crippen LogP contribution < -0.4 is 0 Å². The summed E-state index contributed by atoms with van der Waals surface area (Å²) >= 11 is 18.1. The van der Waals surface area contributed by atoms with E-state index in [1.807, 2.05) is 24.3 Å². The fraction of sp³-hybridized carbons (Fsp3) is 0. The third-order valence-corrected chi connectivity index (χ3v) is 3.04. The van der Waals surface area contributed by atoms with Gasteiger partial charge in [-0.05, 0) is 30.2 Å². The molecule has 0 heterocycles. The molecule has 0 N–H and O–H groups in total. The minimum absolute atomic E-state index is 0.532. The average molecular weight is 271 g/mol. The summed E-state index contributed by atoms with van der Waals surface area (Å²) in [4.78, 5) is 0. The predicted octanol–water partition coefficient (Wildman–Crippen LogP) is 5.50. The summed E-state index contributed by atoms with van der Waals surface area (Å²) in [6.07, 6.45) is 0. The Kier molecular flexibility index (Phi) is 3.44. The van der Waals surface area contributed by atoms with Crippen molar-refractivity contribution in [2.24, 2.45) is 0 Å². The first-order valence-corrected chi connectivity index (χ1v) is 5.78. The molecule has 0 amide bonds. The summed E-state index contributed by atoms with van der Waals surface area (Å²) in [7, 11) is 0. The maximum Gasteiger partial charge on any atom is 0.0514 e. The largest absolute Gasteiger partial charge is 0.0842 e. The highest BCUT2D eigenvalue weighted by Gasteiger charge is 2.09. The van der Waals surface area contributed by atoms with Crippen molar-refractivity contribution in [3.63, 3.8) is 0 Å². The van der Waals surface area contributed by atoms with E-state index in [1.54, 1.807) is 12.1 Å². The minimum atomic E-state index is 0.532. The van der Waals surface area contributed by atoms with Crippen LogP contribution in [0.15, 0.2) is 36.4 Å². The van der Waals surface area contributed by atoms with Crippen LogP contribution in [0.25, 0.3) is 11.1 Å². The molecule has 3 heteroatoms. The first kappa shape index (κ1) is 11.8. The lowest BCUT2D eigenvalue weighted by Gasteiger charge is -2.08. The SMILES string of the molecule is [CH2]c1cccc(-c2c(Cl)cc(Cl)cc2Cl)c1. The van der Waals surface area contributed by atoms with Gasteiger partial charge in [0.1, 0.15) is 0 Å². The van der Waals surface area contributed by atoms with Gasteiger partial charge in [-0.15, -0.1) is 0 Å². The fourth-order valence-corrected chi connectivity index (χ4v) is 2.58. The first-order chi connectivity index (χ1) is 7.58. The summed E-state index contributed by atoms with van der Waals surface area (Å²) in [6, 6.07) is 11.1. The molecule has 0 bridgehead atoms. The van der Waals surface area contributed by atoms with E-state index in [2.05, 4.69) is 6.92 Å². The molecule has 0 saturated heterocycles. The fourth-order valence-electron chi connectivity index (χ4n) is 1.54. The van der Waals surface area contributed by atoms with Gasteiger partial charge in [0.2, 0.25) is 0 Å². The van der Waals surface area contributed by atoms with Crippen molar-refractivity contribution in [2.75, 3.05) is 0 Å². The highest BCUT2D eigenvalue weighted by molar-refractivity contribution is 6.41. The molecular formula is C13H8Cl3. The molecule has 0 aromatic heterocycles. The number of benzene rings is 2. The maximum absolute atomic E-state index is 6.13. The highest BCUT2D eigenvalue weighted by Crippen LogP contribution is 2.37. The molecule has 1 radical (unpaired) electrons. The van der Waals surface area contributed by atoms with Crippen molar-refractivity contribution in [2.45, 2.75) is 0 Å². The molecule has 0 aliphatic carbocycles. The van der Waals surface area contributed by atoms with Crippen LogP contribution >= 0.6 is 34.8 Å². The van der Waals surface area contributed by atoms with Crippen molar-refractivity contribution in [3.8, 4) is 11.1 Å². The summed E-state index contributed by atoms with van der Waals surface area (Å²) in [5.41, 5.74) is 2.65. The Hall–Kier alpha value is -0.690. The third kappa shape index (κ3) is 2.35. The minimum Gasteiger partial charge on any atom is -0.0842 e. The van der Waals surface area contributed by atoms with Gasteiger partial charge in [-0.3, -0.25) is 0 Å². The van der Waals surface area contributed by atoms with Crippen molar-refractivity contribution in [3.05, 3.63) is 64.0 Å². The second-order valence-corrected chi connectivity index (χ2v) is 4.70. The molecule has 2 aromatic rings. The first-order valence-electron chi connectivity index (χ1n) is 4.65. The molecule has 0 atom stereocenters. The van der Waals surface area contributed by atoms with E-state index < -0.39 is 0 Å². The molecular weight excluding hydrogens is 263 g/mol. The summed E-state index contributed by atoms with van der Waals surface area (Å²) < 4.78 is 0. The molecule has 81 valence electrons. The van der Waals surface area contributed by atoms with Gasteiger partial charge in [0.05, 0.1) is 10.0 Å². The van der Waals surface area contributed by atoms with Gasteiger partial charge in [0, 0.05) is 10.6 Å². The zero-order valence-corrected chi connectivity index (χ0v) is 10.6. The van der Waals surface area contributed by atoms with E-state index in [9.17, 15) is 0 Å². The van der Waals surface area contributed by atoms with Crippen LogP contribution in [0.1, 0.15) is 5.56 Å². The maximum atomic E-state index is 6.13. The molecule has 2 aromatic carbocycles. The Bertz CT molecular complexity index is 509. The molecule has 0 aliphatic rings. The topological polar surface area (TPSA) is 0 Å². The van der Waals surface area contributed by atoms with Crippen molar-refractivity contribution >= 4 is 34.8 Å². The van der Waals surface area contributed by atoms with Crippen LogP contribution in [0.4, 0.5) is 0 Å². The molecule has 0 nitrogen and oxygen atoms in total. The lowest BCUT2D eigenvalue weighted by Crippen LogP contribution is -1.83. The lowest BCUT2D eigenvalue weighted by atomic mass is 10.0. The van der Waals surface area contributed by atoms with Crippen molar-refractivity contribution in [1.82, 2.24) is 0 Å². The zero-order chi connectivity index (χ0) is 11.7. The Balaban J connectivity index is 2.64. The third-order valence-electron chi connectivity index (χ3n) is 2.22. The predicted molar refractivity (Wildman–Crippen MR) is 71.4 cm³/mol. The monoisotopic (exact) mass is 269 g/mol. The summed E-state index contributed by atoms with van der Waals surface area (Å²) in [5, 5.41) is 1.62. The Morgan fingerprint density at radius 3 is 2.06 bits per heavy atom. The number of hydrogen-bond acceptors (Lipinski definition) is 0. The average Bonchev–Trinajstić information content (AvgIpc) is 2.15. The van der Waals surface area contributed by atoms with E-state index >= 15 is 0 Å². The van der Waals surface area contributed by atoms with Gasteiger partial charge in [-0.1, -0.05) is 59.1 Å². The van der Waals surface area contributed by atoms with Crippen LogP contribution in [-0.4, -0.2) is 0 Å². The Morgan fingerprint density at radius 1 is 0.875 bits per heavy atom. The molecule has 0 spiro atoms. The standard InChI is InChI=1S/C13H8Cl3/c1-8-3-2-4-9(5-8)13-11(15)6-10(14)7-12(13)16/h2-7H,1H2. The van der Waals surface area contributed by atoms with Gasteiger partial charge in [-0.25, -0.2) is 0 Å². The van der Waals surface area contributed by atoms with Crippen molar-refractivity contribution < 1.29 is 0 Å². The molecule has 0 aliphatic heterocycles. The smallest absolute Gasteiger partial charge is 0.0514 e. The second-order valence-electron chi connectivity index (χ2n) is 3.44. The van der Waals surface area contributed by atoms with E-state index in [0.29, 0.717) is 15.1 Å². The van der Waals surface area contributed by atoms with Gasteiger partial charge < -0.3 is 0 Å². The van der Waals surface area contributed by atoms with Crippen LogP contribution in [0, 0.1) is 6.92 Å². The van der Waals surface area contributed by atoms with E-state index in [1.165, 1.54) is 0 Å². The number of rotatable bonds is 1. The molecule has 0 saturated carbocycles. The molecule has 2 rings (SSSR count). The summed E-state index contributed by atoms with van der Waals surface area (Å²) in [5.74, 6) is 0. The van der Waals surface area contributed by atoms with Gasteiger partial charge >= 0.3 is 0 Å². The lowest BCUT2D eigenvalue weighted by molar-refractivity contribution is 1.57. The van der Waals surface area contributed by atoms with Crippen LogP contribution in [0.5, 0.6) is 0 Å². The van der Waals surface area contributed by atoms with E-state index in [4.69, 9.17) is 34.8 Å². The van der Waals surface area contributed by atoms with Gasteiger partial charge in [-0.2, -0.15) is 0 Å². The Morgan fingerprint density at radius 2 is 1.50 bits per heavy atom. The number of halogens is 3. The van der Waals surface area contributed by atoms with Crippen LogP contribution in [-0.2, 0) is 0 Å².